The molecule has 0 aliphatic carbocycles. The molecule has 0 spiro atoms. The summed E-state index contributed by atoms with van der Waals surface area (Å²) in [6, 6.07) is 14.4. The molecule has 5 rings (SSSR count). The Hall–Kier alpha value is -3.96. The first-order valence-electron chi connectivity index (χ1n) is 14.8. The van der Waals surface area contributed by atoms with E-state index in [1.54, 1.807) is 4.68 Å². The van der Waals surface area contributed by atoms with Crippen LogP contribution in [0.1, 0.15) is 35.4 Å². The lowest BCUT2D eigenvalue weighted by atomic mass is 9.89. The number of amides is 1. The summed E-state index contributed by atoms with van der Waals surface area (Å²) in [6.07, 6.45) is 1.14. The van der Waals surface area contributed by atoms with Gasteiger partial charge in [-0.25, -0.2) is 14.3 Å². The fraction of sp³-hybridized carbons (Fsp3) is 0.438. The van der Waals surface area contributed by atoms with E-state index in [1.807, 2.05) is 55.6 Å². The molecule has 10 nitrogen and oxygen atoms in total. The fourth-order valence-corrected chi connectivity index (χ4v) is 6.34. The number of benzene rings is 2. The minimum absolute atomic E-state index is 0.00837. The molecule has 4 aromatic rings. The lowest BCUT2D eigenvalue weighted by Gasteiger charge is -2.32. The number of aliphatic carboxylic acids is 1. The topological polar surface area (TPSA) is 127 Å². The van der Waals surface area contributed by atoms with Crippen LogP contribution in [0.5, 0.6) is 0 Å². The summed E-state index contributed by atoms with van der Waals surface area (Å²) in [7, 11) is -1.17. The number of carboxylic acid groups (broad SMARTS) is 1. The highest BCUT2D eigenvalue weighted by Gasteiger charge is 2.30. The van der Waals surface area contributed by atoms with Crippen LogP contribution in [-0.4, -0.2) is 70.7 Å². The lowest BCUT2D eigenvalue weighted by molar-refractivity contribution is -0.147. The van der Waals surface area contributed by atoms with Crippen LogP contribution in [-0.2, 0) is 27.4 Å². The summed E-state index contributed by atoms with van der Waals surface area (Å²) < 4.78 is 13.1. The van der Waals surface area contributed by atoms with Gasteiger partial charge in [0.05, 0.1) is 5.52 Å². The maximum atomic E-state index is 13.0. The van der Waals surface area contributed by atoms with Crippen molar-refractivity contribution in [2.45, 2.75) is 70.6 Å². The molecule has 0 bridgehead atoms. The largest absolute Gasteiger partial charge is 0.478 e. The number of nitrogens with one attached hydrogen (secondary N) is 1. The first-order valence-corrected chi connectivity index (χ1v) is 18.5. The Labute approximate surface area is 251 Å². The molecule has 0 radical (unpaired) electrons. The van der Waals surface area contributed by atoms with Gasteiger partial charge in [0.1, 0.15) is 6.73 Å². The second-order valence-electron chi connectivity index (χ2n) is 12.7. The van der Waals surface area contributed by atoms with Crippen LogP contribution < -0.4 is 5.56 Å². The summed E-state index contributed by atoms with van der Waals surface area (Å²) >= 11 is 0. The summed E-state index contributed by atoms with van der Waals surface area (Å²) in [4.78, 5) is 42.3. The van der Waals surface area contributed by atoms with Gasteiger partial charge in [-0.15, -0.1) is 0 Å². The van der Waals surface area contributed by atoms with Crippen molar-refractivity contribution in [1.82, 2.24) is 19.7 Å². The Morgan fingerprint density at radius 1 is 1.12 bits per heavy atom. The van der Waals surface area contributed by atoms with Crippen molar-refractivity contribution in [3.63, 3.8) is 0 Å². The molecule has 0 saturated carbocycles. The van der Waals surface area contributed by atoms with Crippen LogP contribution in [0, 0.1) is 6.92 Å². The Balaban J connectivity index is 1.19. The minimum atomic E-state index is -1.33. The van der Waals surface area contributed by atoms with Crippen LogP contribution in [0.15, 0.2) is 53.5 Å². The van der Waals surface area contributed by atoms with Gasteiger partial charge in [-0.2, -0.15) is 5.10 Å². The zero-order valence-corrected chi connectivity index (χ0v) is 26.3. The van der Waals surface area contributed by atoms with Gasteiger partial charge in [0, 0.05) is 56.9 Å². The Morgan fingerprint density at radius 2 is 1.86 bits per heavy atom. The van der Waals surface area contributed by atoms with Gasteiger partial charge in [0.15, 0.2) is 0 Å². The number of hydrogen-bond donors (Lipinski definition) is 2. The first kappa shape index (κ1) is 30.5. The van der Waals surface area contributed by atoms with Crippen LogP contribution in [0.4, 0.5) is 4.79 Å². The standard InChI is InChI=1S/C32H40N4O6Si/c1-21-15-22(16-25-19-36(34-29(21)25)20-41-13-14-43(2,3)4)17-28(31(38)39)42-32(40)35-11-9-23(10-12-35)26-18-24-7-5-6-8-27(24)33-30(26)37/h5-8,15-16,18-19,23,28H,9-14,17,20H2,1-4H3,(H,33,37)(H,38,39). The number of carbonyl (C=O) groups excluding carboxylic acids is 1. The van der Waals surface area contributed by atoms with Crippen molar-refractivity contribution in [2.24, 2.45) is 0 Å². The zero-order chi connectivity index (χ0) is 30.7. The van der Waals surface area contributed by atoms with E-state index in [1.165, 1.54) is 4.90 Å². The average molecular weight is 605 g/mol. The van der Waals surface area contributed by atoms with Crippen molar-refractivity contribution < 1.29 is 24.2 Å². The number of fused-ring (bicyclic) bond motifs is 2. The molecule has 1 saturated heterocycles. The summed E-state index contributed by atoms with van der Waals surface area (Å²) in [5.41, 5.74) is 3.88. The normalized spacial score (nSPS) is 15.2. The van der Waals surface area contributed by atoms with E-state index in [-0.39, 0.29) is 17.9 Å². The number of aryl methyl sites for hydroxylation is 1. The van der Waals surface area contributed by atoms with Crippen molar-refractivity contribution in [2.75, 3.05) is 19.7 Å². The maximum absolute atomic E-state index is 13.0. The third-order valence-electron chi connectivity index (χ3n) is 8.04. The molecule has 43 heavy (non-hydrogen) atoms. The molecule has 1 fully saturated rings. The molecule has 3 heterocycles. The van der Waals surface area contributed by atoms with Crippen molar-refractivity contribution in [3.8, 4) is 0 Å². The number of carboxylic acids is 1. The molecule has 2 aromatic heterocycles. The number of nitrogens with zero attached hydrogens (tertiary/aromatic N) is 3. The van der Waals surface area contributed by atoms with E-state index in [0.29, 0.717) is 44.8 Å². The Bertz CT molecular complexity index is 1680. The number of H-pyrrole nitrogens is 1. The van der Waals surface area contributed by atoms with Gasteiger partial charge >= 0.3 is 12.1 Å². The molecule has 2 N–H and O–H groups in total. The van der Waals surface area contributed by atoms with E-state index in [4.69, 9.17) is 9.47 Å². The molecule has 1 amide bonds. The SMILES string of the molecule is Cc1cc(CC(OC(=O)N2CCC(c3cc4ccccc4[nH]c3=O)CC2)C(=O)O)cc2cn(COCC[Si](C)(C)C)nc12. The van der Waals surface area contributed by atoms with E-state index in [0.717, 1.165) is 39.0 Å². The summed E-state index contributed by atoms with van der Waals surface area (Å²) in [5, 5.41) is 16.4. The van der Waals surface area contributed by atoms with Crippen molar-refractivity contribution in [3.05, 3.63) is 75.7 Å². The number of aromatic nitrogens is 3. The highest BCUT2D eigenvalue weighted by molar-refractivity contribution is 6.76. The number of para-hydroxylation sites is 1. The zero-order valence-electron chi connectivity index (χ0n) is 25.3. The van der Waals surface area contributed by atoms with E-state index in [9.17, 15) is 19.5 Å². The highest BCUT2D eigenvalue weighted by Crippen LogP contribution is 2.28. The van der Waals surface area contributed by atoms with Gasteiger partial charge in [-0.3, -0.25) is 4.79 Å². The molecule has 2 aromatic carbocycles. The smallest absolute Gasteiger partial charge is 0.410 e. The Morgan fingerprint density at radius 3 is 2.58 bits per heavy atom. The molecule has 1 aliphatic heterocycles. The van der Waals surface area contributed by atoms with Crippen LogP contribution in [0.2, 0.25) is 25.7 Å². The number of ether oxygens (including phenoxy) is 2. The average Bonchev–Trinajstić information content (AvgIpc) is 3.37. The van der Waals surface area contributed by atoms with Gasteiger partial charge in [-0.1, -0.05) is 43.9 Å². The second-order valence-corrected chi connectivity index (χ2v) is 18.3. The van der Waals surface area contributed by atoms with Gasteiger partial charge in [0.25, 0.3) is 5.56 Å². The third-order valence-corrected chi connectivity index (χ3v) is 9.75. The Kier molecular flexibility index (Phi) is 9.02. The van der Waals surface area contributed by atoms with Crippen LogP contribution in [0.25, 0.3) is 21.8 Å². The molecule has 228 valence electrons. The number of aromatic amines is 1. The number of rotatable bonds is 10. The van der Waals surface area contributed by atoms with E-state index < -0.39 is 26.2 Å². The van der Waals surface area contributed by atoms with Crippen LogP contribution in [0.3, 0.4) is 0 Å². The molecular formula is C32H40N4O6Si. The number of likely N-dealkylation sites (tertiary alicyclic amines) is 1. The molecule has 1 aliphatic rings. The highest BCUT2D eigenvalue weighted by atomic mass is 28.3. The van der Waals surface area contributed by atoms with Gasteiger partial charge in [0.2, 0.25) is 6.10 Å². The molecular weight excluding hydrogens is 564 g/mol. The number of pyridine rings is 1. The number of hydrogen-bond acceptors (Lipinski definition) is 6. The van der Waals surface area contributed by atoms with E-state index in [2.05, 4.69) is 29.7 Å². The minimum Gasteiger partial charge on any atom is -0.478 e. The molecule has 1 unspecified atom stereocenters. The quantitative estimate of drug-likeness (QED) is 0.181. The molecule has 1 atom stereocenters. The van der Waals surface area contributed by atoms with Gasteiger partial charge in [-0.05, 0) is 66.4 Å². The van der Waals surface area contributed by atoms with Crippen molar-refractivity contribution in [1.29, 1.82) is 0 Å². The second kappa shape index (κ2) is 12.7. The third kappa shape index (κ3) is 7.52. The lowest BCUT2D eigenvalue weighted by Crippen LogP contribution is -2.42. The monoisotopic (exact) mass is 604 g/mol. The predicted molar refractivity (Wildman–Crippen MR) is 168 cm³/mol. The summed E-state index contributed by atoms with van der Waals surface area (Å²) in [6.45, 7) is 10.7. The van der Waals surface area contributed by atoms with Crippen molar-refractivity contribution >= 4 is 41.9 Å². The number of piperidine rings is 1. The van der Waals surface area contributed by atoms with E-state index >= 15 is 0 Å². The number of carbonyl (C=O) groups is 2. The van der Waals surface area contributed by atoms with Crippen LogP contribution >= 0.6 is 0 Å². The fourth-order valence-electron chi connectivity index (χ4n) is 5.59. The maximum Gasteiger partial charge on any atom is 0.410 e. The molecule has 11 heteroatoms. The van der Waals surface area contributed by atoms with Gasteiger partial charge < -0.3 is 24.5 Å². The predicted octanol–water partition coefficient (Wildman–Crippen LogP) is 5.51. The first-order chi connectivity index (χ1) is 20.5. The summed E-state index contributed by atoms with van der Waals surface area (Å²) in [5.74, 6) is -1.19.